The Morgan fingerprint density at radius 1 is 1.05 bits per heavy atom. The quantitative estimate of drug-likeness (QED) is 0.657. The van der Waals surface area contributed by atoms with E-state index >= 15 is 0 Å². The van der Waals surface area contributed by atoms with E-state index in [1.807, 2.05) is 18.2 Å². The summed E-state index contributed by atoms with van der Waals surface area (Å²) in [4.78, 5) is 0. The molecule has 0 aliphatic heterocycles. The summed E-state index contributed by atoms with van der Waals surface area (Å²) in [5.41, 5.74) is 1.94. The van der Waals surface area contributed by atoms with Gasteiger partial charge in [0.2, 0.25) is 0 Å². The molecule has 1 aromatic carbocycles. The van der Waals surface area contributed by atoms with Crippen molar-refractivity contribution in [3.05, 3.63) is 29.3 Å². The molecular weight excluding hydrogens is 240 g/mol. The van der Waals surface area contributed by atoms with Crippen molar-refractivity contribution in [3.63, 3.8) is 0 Å². The van der Waals surface area contributed by atoms with Crippen molar-refractivity contribution in [1.29, 1.82) is 0 Å². The maximum absolute atomic E-state index is 9.30. The Kier molecular flexibility index (Phi) is 8.26. The maximum Gasteiger partial charge on any atom is 0.125 e. The maximum atomic E-state index is 9.30. The van der Waals surface area contributed by atoms with Gasteiger partial charge in [0.25, 0.3) is 0 Å². The van der Waals surface area contributed by atoms with Crippen LogP contribution in [-0.4, -0.2) is 18.3 Å². The summed E-state index contributed by atoms with van der Waals surface area (Å²) >= 11 is 0. The predicted molar refractivity (Wildman–Crippen MR) is 77.3 cm³/mol. The Bertz CT molecular complexity index is 350. The van der Waals surface area contributed by atoms with E-state index in [0.717, 1.165) is 49.2 Å². The number of hydrogen-bond acceptors (Lipinski definition) is 3. The number of hydrogen-bond donors (Lipinski definition) is 1. The van der Waals surface area contributed by atoms with E-state index in [9.17, 15) is 5.11 Å². The highest BCUT2D eigenvalue weighted by Gasteiger charge is 2.05. The molecule has 1 N–H and O–H groups in total. The van der Waals surface area contributed by atoms with Gasteiger partial charge in [0, 0.05) is 12.2 Å². The van der Waals surface area contributed by atoms with Crippen molar-refractivity contribution in [2.45, 2.75) is 52.7 Å². The molecule has 3 heteroatoms. The van der Waals surface area contributed by atoms with Crippen LogP contribution in [-0.2, 0) is 18.0 Å². The van der Waals surface area contributed by atoms with E-state index in [4.69, 9.17) is 9.47 Å². The van der Waals surface area contributed by atoms with E-state index in [0.29, 0.717) is 13.2 Å². The average Bonchev–Trinajstić information content (AvgIpc) is 2.44. The van der Waals surface area contributed by atoms with Crippen molar-refractivity contribution < 1.29 is 14.6 Å². The molecule has 108 valence electrons. The zero-order chi connectivity index (χ0) is 13.9. The summed E-state index contributed by atoms with van der Waals surface area (Å²) in [6.45, 7) is 6.40. The fourth-order valence-electron chi connectivity index (χ4n) is 1.72. The third kappa shape index (κ3) is 6.08. The number of ether oxygens (including phenoxy) is 2. The van der Waals surface area contributed by atoms with Crippen LogP contribution in [0.25, 0.3) is 0 Å². The summed E-state index contributed by atoms with van der Waals surface area (Å²) in [6, 6.07) is 5.89. The highest BCUT2D eigenvalue weighted by Crippen LogP contribution is 2.21. The normalized spacial score (nSPS) is 10.7. The fraction of sp³-hybridized carbons (Fsp3) is 0.625. The van der Waals surface area contributed by atoms with Crippen LogP contribution < -0.4 is 4.74 Å². The SMILES string of the molecule is CCCCOCc1ccc(CO)c(OCCCC)c1. The van der Waals surface area contributed by atoms with Crippen LogP contribution >= 0.6 is 0 Å². The lowest BCUT2D eigenvalue weighted by Gasteiger charge is -2.12. The summed E-state index contributed by atoms with van der Waals surface area (Å²) in [5.74, 6) is 0.785. The van der Waals surface area contributed by atoms with Gasteiger partial charge in [-0.25, -0.2) is 0 Å². The zero-order valence-corrected chi connectivity index (χ0v) is 12.2. The fourth-order valence-corrected chi connectivity index (χ4v) is 1.72. The highest BCUT2D eigenvalue weighted by atomic mass is 16.5. The molecule has 1 aromatic rings. The van der Waals surface area contributed by atoms with Gasteiger partial charge in [0.05, 0.1) is 19.8 Å². The molecule has 0 aromatic heterocycles. The second-order valence-electron chi connectivity index (χ2n) is 4.71. The number of aliphatic hydroxyl groups is 1. The first-order valence-corrected chi connectivity index (χ1v) is 7.25. The van der Waals surface area contributed by atoms with Crippen molar-refractivity contribution in [2.75, 3.05) is 13.2 Å². The van der Waals surface area contributed by atoms with Crippen molar-refractivity contribution in [2.24, 2.45) is 0 Å². The molecule has 0 saturated carbocycles. The molecule has 1 rings (SSSR count). The lowest BCUT2D eigenvalue weighted by Crippen LogP contribution is -2.02. The molecule has 0 unspecified atom stereocenters. The lowest BCUT2D eigenvalue weighted by molar-refractivity contribution is 0.118. The molecule has 0 radical (unpaired) electrons. The average molecular weight is 266 g/mol. The molecule has 0 aliphatic rings. The minimum absolute atomic E-state index is 0.0123. The van der Waals surface area contributed by atoms with E-state index in [2.05, 4.69) is 13.8 Å². The van der Waals surface area contributed by atoms with Gasteiger partial charge < -0.3 is 14.6 Å². The van der Waals surface area contributed by atoms with Crippen LogP contribution in [0.3, 0.4) is 0 Å². The largest absolute Gasteiger partial charge is 0.493 e. The van der Waals surface area contributed by atoms with Gasteiger partial charge in [0.15, 0.2) is 0 Å². The molecular formula is C16H26O3. The van der Waals surface area contributed by atoms with Crippen LogP contribution in [0.4, 0.5) is 0 Å². The summed E-state index contributed by atoms with van der Waals surface area (Å²) in [7, 11) is 0. The second kappa shape index (κ2) is 9.82. The van der Waals surface area contributed by atoms with Crippen molar-refractivity contribution in [3.8, 4) is 5.75 Å². The Labute approximate surface area is 116 Å². The number of unbranched alkanes of at least 4 members (excludes halogenated alkanes) is 2. The van der Waals surface area contributed by atoms with Crippen LogP contribution in [0.1, 0.15) is 50.7 Å². The minimum Gasteiger partial charge on any atom is -0.493 e. The Balaban J connectivity index is 2.55. The number of benzene rings is 1. The standard InChI is InChI=1S/C16H26O3/c1-3-5-9-18-13-14-7-8-15(12-17)16(11-14)19-10-6-4-2/h7-8,11,17H,3-6,9-10,12-13H2,1-2H3. The summed E-state index contributed by atoms with van der Waals surface area (Å²) in [6.07, 6.45) is 4.37. The molecule has 3 nitrogen and oxygen atoms in total. The monoisotopic (exact) mass is 266 g/mol. The van der Waals surface area contributed by atoms with Gasteiger partial charge in [0.1, 0.15) is 5.75 Å². The second-order valence-corrected chi connectivity index (χ2v) is 4.71. The third-order valence-electron chi connectivity index (χ3n) is 2.97. The topological polar surface area (TPSA) is 38.7 Å². The van der Waals surface area contributed by atoms with Gasteiger partial charge in [-0.3, -0.25) is 0 Å². The first-order chi connectivity index (χ1) is 9.31. The smallest absolute Gasteiger partial charge is 0.125 e. The van der Waals surface area contributed by atoms with Gasteiger partial charge in [-0.2, -0.15) is 0 Å². The van der Waals surface area contributed by atoms with E-state index in [1.165, 1.54) is 0 Å². The minimum atomic E-state index is 0.0123. The highest BCUT2D eigenvalue weighted by molar-refractivity contribution is 5.37. The summed E-state index contributed by atoms with van der Waals surface area (Å²) in [5, 5.41) is 9.30. The molecule has 0 heterocycles. The molecule has 0 saturated heterocycles. The van der Waals surface area contributed by atoms with E-state index in [1.54, 1.807) is 0 Å². The molecule has 19 heavy (non-hydrogen) atoms. The van der Waals surface area contributed by atoms with Crippen LogP contribution in [0.2, 0.25) is 0 Å². The van der Waals surface area contributed by atoms with E-state index in [-0.39, 0.29) is 6.61 Å². The number of rotatable bonds is 10. The molecule has 0 amide bonds. The molecule has 0 aliphatic carbocycles. The molecule has 0 spiro atoms. The third-order valence-corrected chi connectivity index (χ3v) is 2.97. The molecule has 0 atom stereocenters. The Hall–Kier alpha value is -1.06. The molecule has 0 bridgehead atoms. The van der Waals surface area contributed by atoms with Crippen LogP contribution in [0.5, 0.6) is 5.75 Å². The van der Waals surface area contributed by atoms with Gasteiger partial charge in [-0.05, 0) is 24.5 Å². The van der Waals surface area contributed by atoms with Gasteiger partial charge in [-0.1, -0.05) is 38.8 Å². The lowest BCUT2D eigenvalue weighted by atomic mass is 10.1. The van der Waals surface area contributed by atoms with Gasteiger partial charge in [-0.15, -0.1) is 0 Å². The Morgan fingerprint density at radius 2 is 1.79 bits per heavy atom. The predicted octanol–water partition coefficient (Wildman–Crippen LogP) is 3.67. The first-order valence-electron chi connectivity index (χ1n) is 7.25. The summed E-state index contributed by atoms with van der Waals surface area (Å²) < 4.78 is 11.3. The van der Waals surface area contributed by atoms with Crippen LogP contribution in [0.15, 0.2) is 18.2 Å². The molecule has 0 fully saturated rings. The number of aliphatic hydroxyl groups excluding tert-OH is 1. The first kappa shape index (κ1) is 16.0. The van der Waals surface area contributed by atoms with Crippen molar-refractivity contribution >= 4 is 0 Å². The van der Waals surface area contributed by atoms with Gasteiger partial charge >= 0.3 is 0 Å². The van der Waals surface area contributed by atoms with Crippen LogP contribution in [0, 0.1) is 0 Å². The Morgan fingerprint density at radius 3 is 2.47 bits per heavy atom. The van der Waals surface area contributed by atoms with Crippen molar-refractivity contribution in [1.82, 2.24) is 0 Å². The zero-order valence-electron chi connectivity index (χ0n) is 12.2. The van der Waals surface area contributed by atoms with E-state index < -0.39 is 0 Å².